The molecule has 3 aliphatic heterocycles. The molecule has 39 heavy (non-hydrogen) atoms. The van der Waals surface area contributed by atoms with Crippen LogP contribution in [0.2, 0.25) is 0 Å². The lowest BCUT2D eigenvalue weighted by Crippen LogP contribution is -2.45. The Kier molecular flexibility index (Phi) is 10.2. The average molecular weight is 607 g/mol. The number of β-amino-alcohol motifs (C(OH)–C–C–N with tert-alkyl or cyclic N) is 1. The second-order valence-electron chi connectivity index (χ2n) is 11.6. The number of benzene rings is 1. The Morgan fingerprint density at radius 1 is 1.31 bits per heavy atom. The van der Waals surface area contributed by atoms with Crippen molar-refractivity contribution in [2.45, 2.75) is 89.1 Å². The molecular weight excluding hydrogens is 562 g/mol. The summed E-state index contributed by atoms with van der Waals surface area (Å²) in [6.45, 7) is 6.30. The molecule has 2 fully saturated rings. The van der Waals surface area contributed by atoms with E-state index in [9.17, 15) is 9.90 Å². The van der Waals surface area contributed by atoms with Gasteiger partial charge < -0.3 is 25.2 Å². The second kappa shape index (κ2) is 13.8. The van der Waals surface area contributed by atoms with Gasteiger partial charge in [-0.2, -0.15) is 0 Å². The average Bonchev–Trinajstić information content (AvgIpc) is 3.36. The van der Waals surface area contributed by atoms with Crippen LogP contribution in [0.25, 0.3) is 0 Å². The van der Waals surface area contributed by atoms with E-state index in [0.29, 0.717) is 38.9 Å². The highest BCUT2D eigenvalue weighted by Gasteiger charge is 2.28. The first kappa shape index (κ1) is 28.8. The number of aliphatic imine (C=N–C) groups is 1. The standard InChI is InChI=1S/C29H44BrN5O4/c1-19-26(39-18-33-19)17-38-25-8-7-21-15-35(12-10-24(21)28(25)30)16-23(36)14-32-29(37)20-9-11-31-27(13-20)34-22-5-3-2-4-6-22/h7-8,19-20,22-23,26,33,36H,2-6,9-18H2,1H3,(H,31,34)(H,32,37)/t19?,20?,23-,26?/m0/s1. The highest BCUT2D eigenvalue weighted by molar-refractivity contribution is 9.10. The maximum absolute atomic E-state index is 12.9. The first-order valence-electron chi connectivity index (χ1n) is 14.7. The van der Waals surface area contributed by atoms with E-state index in [1.54, 1.807) is 0 Å². The molecular formula is C29H44BrN5O4. The fourth-order valence-electron chi connectivity index (χ4n) is 6.13. The van der Waals surface area contributed by atoms with Crippen LogP contribution in [-0.2, 0) is 22.5 Å². The summed E-state index contributed by atoms with van der Waals surface area (Å²) in [5.74, 6) is 1.79. The number of aliphatic hydroxyl groups is 1. The van der Waals surface area contributed by atoms with Gasteiger partial charge in [0, 0.05) is 57.1 Å². The largest absolute Gasteiger partial charge is 0.490 e. The van der Waals surface area contributed by atoms with Crippen molar-refractivity contribution in [1.29, 1.82) is 0 Å². The van der Waals surface area contributed by atoms with Crippen molar-refractivity contribution in [3.8, 4) is 5.75 Å². The zero-order chi connectivity index (χ0) is 27.2. The van der Waals surface area contributed by atoms with Crippen LogP contribution in [0.15, 0.2) is 21.6 Å². The Morgan fingerprint density at radius 2 is 2.15 bits per heavy atom. The number of aliphatic hydroxyl groups excluding tert-OH is 1. The molecule has 1 aliphatic carbocycles. The lowest BCUT2D eigenvalue weighted by atomic mass is 9.93. The molecule has 3 heterocycles. The van der Waals surface area contributed by atoms with Crippen molar-refractivity contribution >= 4 is 27.7 Å². The van der Waals surface area contributed by atoms with E-state index >= 15 is 0 Å². The van der Waals surface area contributed by atoms with Crippen molar-refractivity contribution in [1.82, 2.24) is 20.9 Å². The van der Waals surface area contributed by atoms with Crippen LogP contribution in [-0.4, -0.2) is 85.6 Å². The number of halogens is 1. The normalized spacial score (nSPS) is 26.9. The van der Waals surface area contributed by atoms with Gasteiger partial charge in [-0.1, -0.05) is 25.3 Å². The minimum Gasteiger partial charge on any atom is -0.490 e. The number of nitrogens with one attached hydrogen (secondary N) is 3. The van der Waals surface area contributed by atoms with Crippen molar-refractivity contribution in [3.63, 3.8) is 0 Å². The molecule has 0 bridgehead atoms. The molecule has 9 nitrogen and oxygen atoms in total. The number of fused-ring (bicyclic) bond motifs is 1. The van der Waals surface area contributed by atoms with Gasteiger partial charge in [0.1, 0.15) is 18.5 Å². The van der Waals surface area contributed by atoms with Crippen LogP contribution in [0.5, 0.6) is 5.75 Å². The van der Waals surface area contributed by atoms with Gasteiger partial charge >= 0.3 is 0 Å². The molecule has 0 radical (unpaired) electrons. The molecule has 216 valence electrons. The molecule has 0 aromatic heterocycles. The third-order valence-electron chi connectivity index (χ3n) is 8.59. The monoisotopic (exact) mass is 605 g/mol. The summed E-state index contributed by atoms with van der Waals surface area (Å²) in [4.78, 5) is 19.8. The number of ether oxygens (including phenoxy) is 2. The third kappa shape index (κ3) is 7.73. The Labute approximate surface area is 240 Å². The number of amidine groups is 1. The van der Waals surface area contributed by atoms with Crippen LogP contribution in [0.3, 0.4) is 0 Å². The quantitative estimate of drug-likeness (QED) is 0.343. The highest BCUT2D eigenvalue weighted by atomic mass is 79.9. The molecule has 4 atom stereocenters. The zero-order valence-corrected chi connectivity index (χ0v) is 24.7. The first-order chi connectivity index (χ1) is 19.0. The van der Waals surface area contributed by atoms with Crippen molar-refractivity contribution < 1.29 is 19.4 Å². The van der Waals surface area contributed by atoms with Gasteiger partial charge in [-0.05, 0) is 65.7 Å². The van der Waals surface area contributed by atoms with Gasteiger partial charge in [-0.25, -0.2) is 0 Å². The second-order valence-corrected chi connectivity index (χ2v) is 12.3. The molecule has 1 aromatic rings. The van der Waals surface area contributed by atoms with Crippen LogP contribution in [0.1, 0.15) is 63.0 Å². The topological polar surface area (TPSA) is 107 Å². The van der Waals surface area contributed by atoms with Gasteiger partial charge in [0.2, 0.25) is 5.91 Å². The van der Waals surface area contributed by atoms with Crippen LogP contribution < -0.4 is 20.7 Å². The van der Waals surface area contributed by atoms with Gasteiger partial charge in [-0.15, -0.1) is 0 Å². The van der Waals surface area contributed by atoms with Gasteiger partial charge in [0.25, 0.3) is 0 Å². The maximum atomic E-state index is 12.9. The van der Waals surface area contributed by atoms with E-state index in [0.717, 1.165) is 42.0 Å². The SMILES string of the molecule is CC1NCOC1COc1ccc2c(c1Br)CCN(C[C@@H](O)CNC(=O)C1CCN=C(NC3CCCCC3)C1)C2. The Hall–Kier alpha value is -1.72. The molecule has 4 N–H and O–H groups in total. The Balaban J connectivity index is 1.04. The van der Waals surface area contributed by atoms with Crippen molar-refractivity contribution in [2.24, 2.45) is 10.9 Å². The predicted molar refractivity (Wildman–Crippen MR) is 155 cm³/mol. The van der Waals surface area contributed by atoms with Crippen molar-refractivity contribution in [2.75, 3.05) is 39.5 Å². The molecule has 3 unspecified atom stereocenters. The summed E-state index contributed by atoms with van der Waals surface area (Å²) in [6.07, 6.45) is 8.02. The number of rotatable bonds is 9. The minimum absolute atomic E-state index is 0.0283. The van der Waals surface area contributed by atoms with Crippen molar-refractivity contribution in [3.05, 3.63) is 27.7 Å². The van der Waals surface area contributed by atoms with Crippen LogP contribution in [0, 0.1) is 5.92 Å². The Morgan fingerprint density at radius 3 is 2.95 bits per heavy atom. The highest BCUT2D eigenvalue weighted by Crippen LogP contribution is 2.35. The summed E-state index contributed by atoms with van der Waals surface area (Å²) in [6, 6.07) is 4.92. The zero-order valence-electron chi connectivity index (χ0n) is 23.1. The fourth-order valence-corrected chi connectivity index (χ4v) is 6.83. The summed E-state index contributed by atoms with van der Waals surface area (Å²) in [5, 5.41) is 20.6. The summed E-state index contributed by atoms with van der Waals surface area (Å²) >= 11 is 3.76. The van der Waals surface area contributed by atoms with E-state index in [4.69, 9.17) is 9.47 Å². The lowest BCUT2D eigenvalue weighted by Gasteiger charge is -2.32. The Bertz CT molecular complexity index is 1020. The van der Waals surface area contributed by atoms with Gasteiger partial charge in [0.05, 0.1) is 23.1 Å². The summed E-state index contributed by atoms with van der Waals surface area (Å²) in [7, 11) is 0. The molecule has 1 aromatic carbocycles. The number of carbonyl (C=O) groups excluding carboxylic acids is 1. The van der Waals surface area contributed by atoms with E-state index < -0.39 is 6.10 Å². The fraction of sp³-hybridized carbons (Fsp3) is 0.724. The molecule has 4 aliphatic rings. The molecule has 0 spiro atoms. The third-order valence-corrected chi connectivity index (χ3v) is 9.46. The molecule has 5 rings (SSSR count). The molecule has 1 saturated heterocycles. The molecule has 1 saturated carbocycles. The summed E-state index contributed by atoms with van der Waals surface area (Å²) < 4.78 is 12.8. The van der Waals surface area contributed by atoms with E-state index in [1.807, 2.05) is 6.07 Å². The minimum atomic E-state index is -0.611. The van der Waals surface area contributed by atoms with Crippen LogP contribution in [0.4, 0.5) is 0 Å². The number of hydrogen-bond acceptors (Lipinski definition) is 8. The number of carbonyl (C=O) groups is 1. The molecule has 1 amide bonds. The first-order valence-corrected chi connectivity index (χ1v) is 15.5. The smallest absolute Gasteiger partial charge is 0.223 e. The van der Waals surface area contributed by atoms with E-state index in [-0.39, 0.29) is 30.5 Å². The van der Waals surface area contributed by atoms with Gasteiger partial charge in [0.15, 0.2) is 0 Å². The predicted octanol–water partition coefficient (Wildman–Crippen LogP) is 2.73. The maximum Gasteiger partial charge on any atom is 0.223 e. The number of hydrogen-bond donors (Lipinski definition) is 4. The van der Waals surface area contributed by atoms with Gasteiger partial charge in [-0.3, -0.25) is 20.0 Å². The lowest BCUT2D eigenvalue weighted by molar-refractivity contribution is -0.125. The van der Waals surface area contributed by atoms with E-state index in [2.05, 4.69) is 54.8 Å². The number of amides is 1. The summed E-state index contributed by atoms with van der Waals surface area (Å²) in [5.41, 5.74) is 2.50. The number of nitrogens with zero attached hydrogens (tertiary/aromatic N) is 2. The molecule has 10 heteroatoms. The van der Waals surface area contributed by atoms with E-state index in [1.165, 1.54) is 43.2 Å². The van der Waals surface area contributed by atoms with Crippen LogP contribution >= 0.6 is 15.9 Å².